The third-order valence-corrected chi connectivity index (χ3v) is 1.82. The highest BCUT2D eigenvalue weighted by molar-refractivity contribution is 5.70. The molecule has 0 aromatic rings. The van der Waals surface area contributed by atoms with E-state index in [0.717, 1.165) is 13.0 Å². The Balaban J connectivity index is 3.28. The van der Waals surface area contributed by atoms with Crippen molar-refractivity contribution in [2.24, 2.45) is 0 Å². The molecule has 100 valence electrons. The van der Waals surface area contributed by atoms with Crippen molar-refractivity contribution in [2.75, 3.05) is 26.3 Å². The molecule has 17 heavy (non-hydrogen) atoms. The van der Waals surface area contributed by atoms with Crippen molar-refractivity contribution in [2.45, 2.75) is 39.2 Å². The Kier molecular flexibility index (Phi) is 8.72. The first-order chi connectivity index (χ1) is 7.95. The minimum Gasteiger partial charge on any atom is -0.460 e. The second-order valence-electron chi connectivity index (χ2n) is 4.78. The highest BCUT2D eigenvalue weighted by Crippen LogP contribution is 2.07. The molecule has 0 heterocycles. The van der Waals surface area contributed by atoms with Crippen LogP contribution in [0.3, 0.4) is 0 Å². The van der Waals surface area contributed by atoms with Crippen LogP contribution in [-0.2, 0) is 14.3 Å². The molecule has 1 N–H and O–H groups in total. The highest BCUT2D eigenvalue weighted by atomic mass is 16.6. The summed E-state index contributed by atoms with van der Waals surface area (Å²) in [6.45, 7) is 11.9. The van der Waals surface area contributed by atoms with E-state index in [1.807, 2.05) is 26.8 Å². The van der Waals surface area contributed by atoms with Crippen LogP contribution in [0, 0.1) is 0 Å². The molecule has 0 bridgehead atoms. The molecule has 4 heteroatoms. The summed E-state index contributed by atoms with van der Waals surface area (Å²) in [5.41, 5.74) is -0.398. The Hall–Kier alpha value is -0.870. The van der Waals surface area contributed by atoms with E-state index in [4.69, 9.17) is 9.47 Å². The zero-order valence-electron chi connectivity index (χ0n) is 11.3. The quantitative estimate of drug-likeness (QED) is 0.382. The molecule has 0 saturated heterocycles. The fraction of sp³-hybridized carbons (Fsp3) is 0.769. The number of carbonyl (C=O) groups is 1. The molecule has 0 radical (unpaired) electrons. The molecule has 4 nitrogen and oxygen atoms in total. The lowest BCUT2D eigenvalue weighted by Crippen LogP contribution is -2.28. The van der Waals surface area contributed by atoms with Gasteiger partial charge in [0.1, 0.15) is 5.60 Å². The number of nitrogens with one attached hydrogen (secondary N) is 1. The fourth-order valence-electron chi connectivity index (χ4n) is 1.12. The Bertz CT molecular complexity index is 221. The number of hydrogen-bond acceptors (Lipinski definition) is 4. The normalized spacial score (nSPS) is 11.2. The molecule has 0 unspecified atom stereocenters. The van der Waals surface area contributed by atoms with Gasteiger partial charge in [-0.25, -0.2) is 0 Å². The molecule has 0 saturated carbocycles. The molecule has 0 aromatic carbocycles. The fourth-order valence-corrected chi connectivity index (χ4v) is 1.12. The van der Waals surface area contributed by atoms with Gasteiger partial charge in [0.2, 0.25) is 0 Å². The molecule has 0 aliphatic carbocycles. The van der Waals surface area contributed by atoms with Crippen LogP contribution in [0.4, 0.5) is 0 Å². The molecule has 0 spiro atoms. The van der Waals surface area contributed by atoms with E-state index in [9.17, 15) is 4.79 Å². The first-order valence-corrected chi connectivity index (χ1v) is 6.07. The van der Waals surface area contributed by atoms with Crippen molar-refractivity contribution in [3.05, 3.63) is 12.7 Å². The molecule has 0 rings (SSSR count). The lowest BCUT2D eigenvalue weighted by molar-refractivity contribution is -0.154. The second-order valence-corrected chi connectivity index (χ2v) is 4.78. The molecular weight excluding hydrogens is 218 g/mol. The van der Waals surface area contributed by atoms with Crippen LogP contribution in [0.1, 0.15) is 33.6 Å². The van der Waals surface area contributed by atoms with Crippen LogP contribution < -0.4 is 5.32 Å². The van der Waals surface area contributed by atoms with Crippen LogP contribution in [-0.4, -0.2) is 37.9 Å². The van der Waals surface area contributed by atoms with Crippen molar-refractivity contribution >= 4 is 5.97 Å². The van der Waals surface area contributed by atoms with E-state index in [1.165, 1.54) is 0 Å². The van der Waals surface area contributed by atoms with Gasteiger partial charge in [0.25, 0.3) is 0 Å². The van der Waals surface area contributed by atoms with Gasteiger partial charge in [0.15, 0.2) is 0 Å². The maximum absolute atomic E-state index is 11.3. The maximum atomic E-state index is 11.3. The average molecular weight is 243 g/mol. The molecule has 0 amide bonds. The summed E-state index contributed by atoms with van der Waals surface area (Å²) >= 11 is 0. The van der Waals surface area contributed by atoms with Gasteiger partial charge in [-0.1, -0.05) is 6.08 Å². The predicted molar refractivity (Wildman–Crippen MR) is 69.0 cm³/mol. The molecule has 0 aliphatic rings. The van der Waals surface area contributed by atoms with Gasteiger partial charge in [-0.3, -0.25) is 4.79 Å². The number of rotatable bonds is 9. The molecule has 0 aromatic heterocycles. The summed E-state index contributed by atoms with van der Waals surface area (Å²) in [5, 5.41) is 3.13. The topological polar surface area (TPSA) is 47.6 Å². The summed E-state index contributed by atoms with van der Waals surface area (Å²) < 4.78 is 10.5. The number of ether oxygens (including phenoxy) is 2. The van der Waals surface area contributed by atoms with Gasteiger partial charge in [-0.2, -0.15) is 0 Å². The van der Waals surface area contributed by atoms with Gasteiger partial charge in [0, 0.05) is 13.1 Å². The van der Waals surface area contributed by atoms with Crippen LogP contribution in [0.5, 0.6) is 0 Å². The van der Waals surface area contributed by atoms with E-state index in [-0.39, 0.29) is 5.97 Å². The van der Waals surface area contributed by atoms with E-state index >= 15 is 0 Å². The SMILES string of the molecule is C=CCCOCCNCCC(=O)OC(C)(C)C. The van der Waals surface area contributed by atoms with Crippen molar-refractivity contribution in [1.29, 1.82) is 0 Å². The van der Waals surface area contributed by atoms with E-state index in [0.29, 0.717) is 26.2 Å². The Labute approximate surface area is 104 Å². The number of carbonyl (C=O) groups excluding carboxylic acids is 1. The molecule has 0 aliphatic heterocycles. The summed E-state index contributed by atoms with van der Waals surface area (Å²) in [6.07, 6.45) is 3.10. The zero-order chi connectivity index (χ0) is 13.1. The summed E-state index contributed by atoms with van der Waals surface area (Å²) in [6, 6.07) is 0. The first kappa shape index (κ1) is 16.1. The molecule has 0 fully saturated rings. The van der Waals surface area contributed by atoms with Crippen molar-refractivity contribution in [3.8, 4) is 0 Å². The predicted octanol–water partition coefficient (Wildman–Crippen LogP) is 1.90. The largest absolute Gasteiger partial charge is 0.460 e. The third kappa shape index (κ3) is 13.1. The Morgan fingerprint density at radius 2 is 2.00 bits per heavy atom. The first-order valence-electron chi connectivity index (χ1n) is 6.07. The minimum absolute atomic E-state index is 0.169. The van der Waals surface area contributed by atoms with E-state index in [2.05, 4.69) is 11.9 Å². The minimum atomic E-state index is -0.398. The highest BCUT2D eigenvalue weighted by Gasteiger charge is 2.15. The van der Waals surface area contributed by atoms with Gasteiger partial charge in [-0.15, -0.1) is 6.58 Å². The third-order valence-electron chi connectivity index (χ3n) is 1.82. The van der Waals surface area contributed by atoms with Crippen LogP contribution in [0.2, 0.25) is 0 Å². The Morgan fingerprint density at radius 3 is 2.59 bits per heavy atom. The van der Waals surface area contributed by atoms with Crippen LogP contribution in [0.25, 0.3) is 0 Å². The molecule has 0 atom stereocenters. The molecular formula is C13H25NO3. The summed E-state index contributed by atoms with van der Waals surface area (Å²) in [4.78, 5) is 11.3. The van der Waals surface area contributed by atoms with E-state index < -0.39 is 5.60 Å². The van der Waals surface area contributed by atoms with Crippen molar-refractivity contribution in [3.63, 3.8) is 0 Å². The Morgan fingerprint density at radius 1 is 1.29 bits per heavy atom. The van der Waals surface area contributed by atoms with Crippen LogP contribution >= 0.6 is 0 Å². The lowest BCUT2D eigenvalue weighted by atomic mass is 10.2. The summed E-state index contributed by atoms with van der Waals surface area (Å²) in [5.74, 6) is -0.169. The van der Waals surface area contributed by atoms with Gasteiger partial charge >= 0.3 is 5.97 Å². The number of hydrogen-bond donors (Lipinski definition) is 1. The maximum Gasteiger partial charge on any atom is 0.307 e. The van der Waals surface area contributed by atoms with Gasteiger partial charge < -0.3 is 14.8 Å². The van der Waals surface area contributed by atoms with Gasteiger partial charge in [0.05, 0.1) is 19.6 Å². The number of esters is 1. The van der Waals surface area contributed by atoms with E-state index in [1.54, 1.807) is 0 Å². The summed E-state index contributed by atoms with van der Waals surface area (Å²) in [7, 11) is 0. The standard InChI is InChI=1S/C13H25NO3/c1-5-6-10-16-11-9-14-8-7-12(15)17-13(2,3)4/h5,14H,1,6-11H2,2-4H3. The van der Waals surface area contributed by atoms with Crippen molar-refractivity contribution in [1.82, 2.24) is 5.32 Å². The average Bonchev–Trinajstić information content (AvgIpc) is 2.19. The second kappa shape index (κ2) is 9.19. The van der Waals surface area contributed by atoms with Crippen molar-refractivity contribution < 1.29 is 14.3 Å². The van der Waals surface area contributed by atoms with Crippen LogP contribution in [0.15, 0.2) is 12.7 Å². The zero-order valence-corrected chi connectivity index (χ0v) is 11.3. The smallest absolute Gasteiger partial charge is 0.307 e. The lowest BCUT2D eigenvalue weighted by Gasteiger charge is -2.19. The monoisotopic (exact) mass is 243 g/mol. The van der Waals surface area contributed by atoms with Gasteiger partial charge in [-0.05, 0) is 27.2 Å².